The van der Waals surface area contributed by atoms with Crippen LogP contribution in [-0.4, -0.2) is 25.5 Å². The third-order valence-corrected chi connectivity index (χ3v) is 6.14. The molecule has 2 heterocycles. The summed E-state index contributed by atoms with van der Waals surface area (Å²) in [5, 5.41) is 12.6. The topological polar surface area (TPSA) is 64.7 Å². The van der Waals surface area contributed by atoms with Gasteiger partial charge in [-0.25, -0.2) is 0 Å². The molecule has 0 aliphatic carbocycles. The van der Waals surface area contributed by atoms with Gasteiger partial charge in [0.05, 0.1) is 30.3 Å². The monoisotopic (exact) mass is 581 g/mol. The van der Waals surface area contributed by atoms with E-state index in [1.54, 1.807) is 27.7 Å². The molecule has 0 atom stereocenters. The summed E-state index contributed by atoms with van der Waals surface area (Å²) in [6, 6.07) is 5.43. The molecule has 1 aromatic carbocycles. The maximum absolute atomic E-state index is 12.2. The summed E-state index contributed by atoms with van der Waals surface area (Å²) >= 11 is 17.6. The van der Waals surface area contributed by atoms with Gasteiger partial charge in [-0.1, -0.05) is 29.3 Å². The fourth-order valence-corrected chi connectivity index (χ4v) is 3.57. The largest absolute Gasteiger partial charge is 0.308 e. The fourth-order valence-electron chi connectivity index (χ4n) is 2.41. The third kappa shape index (κ3) is 5.46. The number of carbonyl (C=O) groups excluding carboxylic acids is 1. The Morgan fingerprint density at radius 1 is 1.22 bits per heavy atom. The first-order valence-corrected chi connectivity index (χ1v) is 10.6. The SMILES string of the molecule is Cc1nn(CCC(=O)Nc2nn(Cc3ccc(Cl)c(Cl)c3)cc2Br)cc1I. The van der Waals surface area contributed by atoms with E-state index >= 15 is 0 Å². The lowest BCUT2D eigenvalue weighted by Crippen LogP contribution is -2.15. The van der Waals surface area contributed by atoms with Gasteiger partial charge in [-0.3, -0.25) is 14.2 Å². The number of halogens is 4. The van der Waals surface area contributed by atoms with Crippen molar-refractivity contribution >= 4 is 73.4 Å². The van der Waals surface area contributed by atoms with Crippen LogP contribution in [0.25, 0.3) is 0 Å². The van der Waals surface area contributed by atoms with E-state index in [-0.39, 0.29) is 5.91 Å². The van der Waals surface area contributed by atoms with E-state index in [0.717, 1.165) is 14.8 Å². The molecule has 0 spiro atoms. The average Bonchev–Trinajstić information content (AvgIpc) is 3.11. The van der Waals surface area contributed by atoms with Crippen LogP contribution in [0.4, 0.5) is 5.82 Å². The molecule has 1 N–H and O–H groups in total. The predicted octanol–water partition coefficient (Wildman–Crippen LogP) is 5.14. The molecule has 27 heavy (non-hydrogen) atoms. The Kier molecular flexibility index (Phi) is 6.83. The van der Waals surface area contributed by atoms with Crippen LogP contribution in [0.1, 0.15) is 17.7 Å². The second-order valence-electron chi connectivity index (χ2n) is 5.90. The maximum atomic E-state index is 12.2. The Bertz CT molecular complexity index is 968. The van der Waals surface area contributed by atoms with E-state index in [4.69, 9.17) is 23.2 Å². The summed E-state index contributed by atoms with van der Waals surface area (Å²) < 4.78 is 5.28. The third-order valence-electron chi connectivity index (χ3n) is 3.76. The number of hydrogen-bond donors (Lipinski definition) is 1. The lowest BCUT2D eigenvalue weighted by molar-refractivity contribution is -0.116. The molecule has 0 saturated carbocycles. The van der Waals surface area contributed by atoms with Crippen LogP contribution in [-0.2, 0) is 17.9 Å². The van der Waals surface area contributed by atoms with Crippen LogP contribution >= 0.6 is 61.7 Å². The van der Waals surface area contributed by atoms with Crippen LogP contribution in [0.3, 0.4) is 0 Å². The van der Waals surface area contributed by atoms with Crippen LogP contribution < -0.4 is 5.32 Å². The first-order valence-electron chi connectivity index (χ1n) is 7.98. The Morgan fingerprint density at radius 2 is 2.00 bits per heavy atom. The summed E-state index contributed by atoms with van der Waals surface area (Å²) in [6.07, 6.45) is 4.03. The van der Waals surface area contributed by atoms with Crippen molar-refractivity contribution in [3.63, 3.8) is 0 Å². The van der Waals surface area contributed by atoms with E-state index in [0.29, 0.717) is 39.8 Å². The molecular formula is C17H15BrCl2IN5O. The molecule has 142 valence electrons. The Hall–Kier alpha value is -1.10. The van der Waals surface area contributed by atoms with Gasteiger partial charge >= 0.3 is 0 Å². The Morgan fingerprint density at radius 3 is 2.67 bits per heavy atom. The van der Waals surface area contributed by atoms with Crippen molar-refractivity contribution in [3.8, 4) is 0 Å². The minimum absolute atomic E-state index is 0.126. The summed E-state index contributed by atoms with van der Waals surface area (Å²) in [5.74, 6) is 0.352. The zero-order chi connectivity index (χ0) is 19.6. The highest BCUT2D eigenvalue weighted by atomic mass is 127. The summed E-state index contributed by atoms with van der Waals surface area (Å²) in [6.45, 7) is 2.96. The standard InChI is InChI=1S/C17H15BrCl2IN5O/c1-10-15(21)9-25(23-10)5-4-16(27)22-17-12(18)8-26(24-17)7-11-2-3-13(19)14(20)6-11/h2-3,6,8-9H,4-5,7H2,1H3,(H,22,24,27). The van der Waals surface area contributed by atoms with Gasteiger partial charge in [-0.05, 0) is 63.1 Å². The average molecular weight is 583 g/mol. The summed E-state index contributed by atoms with van der Waals surface area (Å²) in [4.78, 5) is 12.2. The van der Waals surface area contributed by atoms with Crippen LogP contribution in [0, 0.1) is 10.5 Å². The number of rotatable bonds is 6. The van der Waals surface area contributed by atoms with E-state index < -0.39 is 0 Å². The quantitative estimate of drug-likeness (QED) is 0.410. The number of aryl methyl sites for hydroxylation is 2. The highest BCUT2D eigenvalue weighted by molar-refractivity contribution is 14.1. The van der Waals surface area contributed by atoms with Crippen molar-refractivity contribution in [2.75, 3.05) is 5.32 Å². The number of benzene rings is 1. The Balaban J connectivity index is 1.60. The molecular weight excluding hydrogens is 568 g/mol. The van der Waals surface area contributed by atoms with Crippen molar-refractivity contribution in [3.05, 3.63) is 59.9 Å². The Labute approximate surface area is 188 Å². The van der Waals surface area contributed by atoms with E-state index in [2.05, 4.69) is 54.0 Å². The van der Waals surface area contributed by atoms with Crippen molar-refractivity contribution in [2.45, 2.75) is 26.4 Å². The molecule has 0 fully saturated rings. The predicted molar refractivity (Wildman–Crippen MR) is 118 cm³/mol. The molecule has 0 aliphatic rings. The van der Waals surface area contributed by atoms with Crippen LogP contribution in [0.15, 0.2) is 35.1 Å². The van der Waals surface area contributed by atoms with Gasteiger partial charge in [0.2, 0.25) is 5.91 Å². The van der Waals surface area contributed by atoms with Crippen LogP contribution in [0.2, 0.25) is 10.0 Å². The lowest BCUT2D eigenvalue weighted by atomic mass is 10.2. The zero-order valence-electron chi connectivity index (χ0n) is 14.2. The summed E-state index contributed by atoms with van der Waals surface area (Å²) in [5.41, 5.74) is 1.92. The van der Waals surface area contributed by atoms with Gasteiger partial charge < -0.3 is 5.32 Å². The zero-order valence-corrected chi connectivity index (χ0v) is 19.5. The van der Waals surface area contributed by atoms with Crippen LogP contribution in [0.5, 0.6) is 0 Å². The molecule has 3 aromatic rings. The number of nitrogens with zero attached hydrogens (tertiary/aromatic N) is 4. The van der Waals surface area contributed by atoms with Gasteiger partial charge in [0.15, 0.2) is 5.82 Å². The van der Waals surface area contributed by atoms with Gasteiger partial charge in [0.1, 0.15) is 0 Å². The highest BCUT2D eigenvalue weighted by Gasteiger charge is 2.12. The molecule has 10 heteroatoms. The number of anilines is 1. The first kappa shape index (κ1) is 20.6. The van der Waals surface area contributed by atoms with E-state index in [1.807, 2.05) is 19.2 Å². The van der Waals surface area contributed by atoms with Gasteiger partial charge in [-0.2, -0.15) is 10.2 Å². The number of amides is 1. The van der Waals surface area contributed by atoms with Gasteiger partial charge in [0, 0.05) is 25.4 Å². The molecule has 0 unspecified atom stereocenters. The molecule has 0 radical (unpaired) electrons. The second kappa shape index (κ2) is 8.93. The van der Waals surface area contributed by atoms with E-state index in [9.17, 15) is 4.79 Å². The first-order chi connectivity index (χ1) is 12.8. The normalized spacial score (nSPS) is 11.0. The maximum Gasteiger partial charge on any atom is 0.227 e. The minimum atomic E-state index is -0.126. The fraction of sp³-hybridized carbons (Fsp3) is 0.235. The van der Waals surface area contributed by atoms with Crippen molar-refractivity contribution in [1.82, 2.24) is 19.6 Å². The second-order valence-corrected chi connectivity index (χ2v) is 8.73. The number of nitrogens with one attached hydrogen (secondary N) is 1. The van der Waals surface area contributed by atoms with Crippen molar-refractivity contribution < 1.29 is 4.79 Å². The molecule has 1 amide bonds. The highest BCUT2D eigenvalue weighted by Crippen LogP contribution is 2.24. The molecule has 6 nitrogen and oxygen atoms in total. The van der Waals surface area contributed by atoms with Gasteiger partial charge in [0.25, 0.3) is 0 Å². The summed E-state index contributed by atoms with van der Waals surface area (Å²) in [7, 11) is 0. The number of aromatic nitrogens is 4. The van der Waals surface area contributed by atoms with E-state index in [1.165, 1.54) is 0 Å². The molecule has 0 bridgehead atoms. The molecule has 0 saturated heterocycles. The smallest absolute Gasteiger partial charge is 0.227 e. The molecule has 0 aliphatic heterocycles. The van der Waals surface area contributed by atoms with Gasteiger partial charge in [-0.15, -0.1) is 0 Å². The van der Waals surface area contributed by atoms with Crippen molar-refractivity contribution in [1.29, 1.82) is 0 Å². The van der Waals surface area contributed by atoms with Crippen molar-refractivity contribution in [2.24, 2.45) is 0 Å². The number of hydrogen-bond acceptors (Lipinski definition) is 3. The minimum Gasteiger partial charge on any atom is -0.308 e. The lowest BCUT2D eigenvalue weighted by Gasteiger charge is -2.05. The molecule has 2 aromatic heterocycles. The number of carbonyl (C=O) groups is 1. The molecule has 3 rings (SSSR count).